The SMILES string of the molecule is C=CCn1c(CNC(=O)c2ccccc2Cl)nnc1SCC(=O)NCc1ccccc1. The highest BCUT2D eigenvalue weighted by Crippen LogP contribution is 2.18. The average molecular weight is 456 g/mol. The minimum Gasteiger partial charge on any atom is -0.351 e. The number of carbonyl (C=O) groups is 2. The Morgan fingerprint density at radius 2 is 1.77 bits per heavy atom. The number of aromatic nitrogens is 3. The molecule has 0 bridgehead atoms. The first-order valence-electron chi connectivity index (χ1n) is 9.57. The molecule has 2 N–H and O–H groups in total. The summed E-state index contributed by atoms with van der Waals surface area (Å²) in [5.74, 6) is 0.366. The largest absolute Gasteiger partial charge is 0.351 e. The first kappa shape index (κ1) is 22.6. The van der Waals surface area contributed by atoms with Crippen LogP contribution in [0.3, 0.4) is 0 Å². The number of nitrogens with one attached hydrogen (secondary N) is 2. The number of rotatable bonds is 10. The maximum absolute atomic E-state index is 12.4. The van der Waals surface area contributed by atoms with Crippen molar-refractivity contribution < 1.29 is 9.59 Å². The third-order valence-corrected chi connectivity index (χ3v) is 5.59. The molecular weight excluding hydrogens is 434 g/mol. The topological polar surface area (TPSA) is 88.9 Å². The first-order chi connectivity index (χ1) is 15.1. The summed E-state index contributed by atoms with van der Waals surface area (Å²) >= 11 is 7.35. The Labute approximate surface area is 189 Å². The molecule has 7 nitrogen and oxygen atoms in total. The van der Waals surface area contributed by atoms with E-state index in [9.17, 15) is 9.59 Å². The maximum atomic E-state index is 12.4. The molecule has 31 heavy (non-hydrogen) atoms. The van der Waals surface area contributed by atoms with Gasteiger partial charge in [-0.2, -0.15) is 0 Å². The summed E-state index contributed by atoms with van der Waals surface area (Å²) in [6.07, 6.45) is 1.71. The number of halogens is 1. The van der Waals surface area contributed by atoms with E-state index in [0.29, 0.717) is 34.7 Å². The molecule has 0 radical (unpaired) electrons. The molecule has 0 atom stereocenters. The molecule has 9 heteroatoms. The number of benzene rings is 2. The van der Waals surface area contributed by atoms with Crippen LogP contribution in [0.2, 0.25) is 5.02 Å². The number of hydrogen-bond acceptors (Lipinski definition) is 5. The van der Waals surface area contributed by atoms with Crippen LogP contribution in [0.15, 0.2) is 72.4 Å². The zero-order valence-electron chi connectivity index (χ0n) is 16.8. The van der Waals surface area contributed by atoms with Crippen LogP contribution in [0, 0.1) is 0 Å². The van der Waals surface area contributed by atoms with E-state index in [-0.39, 0.29) is 24.1 Å². The normalized spacial score (nSPS) is 10.5. The van der Waals surface area contributed by atoms with Crippen LogP contribution < -0.4 is 10.6 Å². The van der Waals surface area contributed by atoms with E-state index in [2.05, 4.69) is 27.4 Å². The fraction of sp³-hybridized carbons (Fsp3) is 0.182. The molecule has 1 aromatic heterocycles. The van der Waals surface area contributed by atoms with Crippen molar-refractivity contribution in [3.63, 3.8) is 0 Å². The van der Waals surface area contributed by atoms with Gasteiger partial charge < -0.3 is 15.2 Å². The van der Waals surface area contributed by atoms with Crippen LogP contribution in [0.1, 0.15) is 21.7 Å². The van der Waals surface area contributed by atoms with Gasteiger partial charge in [0.2, 0.25) is 5.91 Å². The Morgan fingerprint density at radius 1 is 1.03 bits per heavy atom. The molecule has 1 heterocycles. The van der Waals surface area contributed by atoms with Gasteiger partial charge >= 0.3 is 0 Å². The van der Waals surface area contributed by atoms with Gasteiger partial charge in [0.25, 0.3) is 5.91 Å². The lowest BCUT2D eigenvalue weighted by Gasteiger charge is -2.09. The lowest BCUT2D eigenvalue weighted by atomic mass is 10.2. The molecule has 0 fully saturated rings. The molecule has 160 valence electrons. The van der Waals surface area contributed by atoms with Crippen molar-refractivity contribution in [1.29, 1.82) is 0 Å². The van der Waals surface area contributed by atoms with E-state index in [1.165, 1.54) is 11.8 Å². The molecule has 0 aliphatic carbocycles. The third kappa shape index (κ3) is 6.44. The third-order valence-electron chi connectivity index (χ3n) is 4.30. The van der Waals surface area contributed by atoms with E-state index in [1.54, 1.807) is 30.3 Å². The highest BCUT2D eigenvalue weighted by molar-refractivity contribution is 7.99. The van der Waals surface area contributed by atoms with Crippen molar-refractivity contribution >= 4 is 35.2 Å². The molecular formula is C22H22ClN5O2S. The predicted octanol–water partition coefficient (Wildman–Crippen LogP) is 3.46. The van der Waals surface area contributed by atoms with Gasteiger partial charge in [-0.05, 0) is 17.7 Å². The molecule has 0 saturated heterocycles. The van der Waals surface area contributed by atoms with Crippen LogP contribution in [-0.2, 0) is 24.4 Å². The van der Waals surface area contributed by atoms with E-state index >= 15 is 0 Å². The molecule has 0 saturated carbocycles. The van der Waals surface area contributed by atoms with Crippen molar-refractivity contribution in [2.45, 2.75) is 24.8 Å². The van der Waals surface area contributed by atoms with Crippen molar-refractivity contribution in [3.05, 3.63) is 89.2 Å². The molecule has 3 aromatic rings. The van der Waals surface area contributed by atoms with Gasteiger partial charge in [-0.1, -0.05) is 71.9 Å². The summed E-state index contributed by atoms with van der Waals surface area (Å²) in [4.78, 5) is 24.6. The quantitative estimate of drug-likeness (QED) is 0.361. The standard InChI is InChI=1S/C22H22ClN5O2S/c1-2-12-28-19(14-25-21(30)17-10-6-7-11-18(17)23)26-27-22(28)31-15-20(29)24-13-16-8-4-3-5-9-16/h2-11H,1,12-15H2,(H,24,29)(H,25,30). The van der Waals surface area contributed by atoms with Crippen LogP contribution in [0.4, 0.5) is 0 Å². The molecule has 2 amide bonds. The predicted molar refractivity (Wildman–Crippen MR) is 122 cm³/mol. The lowest BCUT2D eigenvalue weighted by molar-refractivity contribution is -0.118. The second kappa shape index (κ2) is 11.3. The number of allylic oxidation sites excluding steroid dienone is 1. The van der Waals surface area contributed by atoms with Gasteiger partial charge in [-0.3, -0.25) is 9.59 Å². The summed E-state index contributed by atoms with van der Waals surface area (Å²) in [6.45, 7) is 4.86. The average Bonchev–Trinajstić information content (AvgIpc) is 3.17. The summed E-state index contributed by atoms with van der Waals surface area (Å²) in [7, 11) is 0. The smallest absolute Gasteiger partial charge is 0.253 e. The van der Waals surface area contributed by atoms with E-state index in [0.717, 1.165) is 5.56 Å². The van der Waals surface area contributed by atoms with Crippen molar-refractivity contribution in [2.75, 3.05) is 5.75 Å². The van der Waals surface area contributed by atoms with Crippen molar-refractivity contribution in [3.8, 4) is 0 Å². The fourth-order valence-electron chi connectivity index (χ4n) is 2.75. The first-order valence-corrected chi connectivity index (χ1v) is 10.9. The van der Waals surface area contributed by atoms with Crippen LogP contribution >= 0.6 is 23.4 Å². The van der Waals surface area contributed by atoms with Gasteiger partial charge in [0.05, 0.1) is 22.9 Å². The number of thioether (sulfide) groups is 1. The van der Waals surface area contributed by atoms with Gasteiger partial charge in [-0.15, -0.1) is 16.8 Å². The molecule has 0 unspecified atom stereocenters. The highest BCUT2D eigenvalue weighted by Gasteiger charge is 2.15. The Balaban J connectivity index is 1.57. The molecule has 0 spiro atoms. The van der Waals surface area contributed by atoms with Crippen LogP contribution in [0.25, 0.3) is 0 Å². The zero-order valence-corrected chi connectivity index (χ0v) is 18.3. The molecule has 3 rings (SSSR count). The molecule has 0 aliphatic heterocycles. The van der Waals surface area contributed by atoms with E-state index < -0.39 is 0 Å². The Bertz CT molecular complexity index is 1060. The van der Waals surface area contributed by atoms with Crippen LogP contribution in [-0.4, -0.2) is 32.3 Å². The van der Waals surface area contributed by atoms with Crippen molar-refractivity contribution in [1.82, 2.24) is 25.4 Å². The zero-order chi connectivity index (χ0) is 22.1. The number of amides is 2. The Hall–Kier alpha value is -3.10. The van der Waals surface area contributed by atoms with Gasteiger partial charge in [0.1, 0.15) is 0 Å². The minimum absolute atomic E-state index is 0.101. The second-order valence-electron chi connectivity index (χ2n) is 6.51. The van der Waals surface area contributed by atoms with Crippen LogP contribution in [0.5, 0.6) is 0 Å². The lowest BCUT2D eigenvalue weighted by Crippen LogP contribution is -2.25. The van der Waals surface area contributed by atoms with Crippen molar-refractivity contribution in [2.24, 2.45) is 0 Å². The number of nitrogens with zero attached hydrogens (tertiary/aromatic N) is 3. The number of carbonyl (C=O) groups excluding carboxylic acids is 2. The molecule has 0 aliphatic rings. The number of hydrogen-bond donors (Lipinski definition) is 2. The summed E-state index contributed by atoms with van der Waals surface area (Å²) in [5.41, 5.74) is 1.43. The fourth-order valence-corrected chi connectivity index (χ4v) is 3.76. The maximum Gasteiger partial charge on any atom is 0.253 e. The van der Waals surface area contributed by atoms with E-state index in [4.69, 9.17) is 11.6 Å². The van der Waals surface area contributed by atoms with Gasteiger partial charge in [0.15, 0.2) is 11.0 Å². The van der Waals surface area contributed by atoms with E-state index in [1.807, 2.05) is 34.9 Å². The summed E-state index contributed by atoms with van der Waals surface area (Å²) < 4.78 is 1.81. The minimum atomic E-state index is -0.298. The Morgan fingerprint density at radius 3 is 2.52 bits per heavy atom. The second-order valence-corrected chi connectivity index (χ2v) is 7.86. The Kier molecular flexibility index (Phi) is 8.26. The molecule has 2 aromatic carbocycles. The van der Waals surface area contributed by atoms with Gasteiger partial charge in [0, 0.05) is 13.1 Å². The summed E-state index contributed by atoms with van der Waals surface area (Å²) in [6, 6.07) is 16.5. The summed E-state index contributed by atoms with van der Waals surface area (Å²) in [5, 5.41) is 15.0. The monoisotopic (exact) mass is 455 g/mol. The highest BCUT2D eigenvalue weighted by atomic mass is 35.5. The van der Waals surface area contributed by atoms with Gasteiger partial charge in [-0.25, -0.2) is 0 Å².